The number of carbonyl (C=O) groups is 1. The van der Waals surface area contributed by atoms with Gasteiger partial charge in [-0.3, -0.25) is 4.79 Å². The van der Waals surface area contributed by atoms with Gasteiger partial charge in [-0.15, -0.1) is 11.3 Å². The molecule has 3 aromatic rings. The summed E-state index contributed by atoms with van der Waals surface area (Å²) < 4.78 is 39.4. The Morgan fingerprint density at radius 2 is 1.96 bits per heavy atom. The van der Waals surface area contributed by atoms with Crippen molar-refractivity contribution in [3.63, 3.8) is 0 Å². The number of nitrogens with zero attached hydrogens (tertiary/aromatic N) is 1. The minimum absolute atomic E-state index is 0.390. The van der Waals surface area contributed by atoms with Gasteiger partial charge in [0.15, 0.2) is 0 Å². The number of aromatic nitrogens is 1. The van der Waals surface area contributed by atoms with Gasteiger partial charge in [0.05, 0.1) is 21.8 Å². The second-order valence-electron chi connectivity index (χ2n) is 5.71. The number of rotatable bonds is 4. The number of alkyl halides is 3. The number of benzene rings is 2. The minimum Gasteiger partial charge on any atom is -0.346 e. The van der Waals surface area contributed by atoms with Gasteiger partial charge in [-0.2, -0.15) is 13.2 Å². The van der Waals surface area contributed by atoms with E-state index < -0.39 is 23.7 Å². The Kier molecular flexibility index (Phi) is 5.08. The summed E-state index contributed by atoms with van der Waals surface area (Å²) in [7, 11) is 0. The van der Waals surface area contributed by atoms with Crippen LogP contribution in [0, 0.1) is 0 Å². The smallest absolute Gasteiger partial charge is 0.346 e. The Bertz CT molecular complexity index is 930. The monoisotopic (exact) mass is 376 g/mol. The normalized spacial score (nSPS) is 13.2. The lowest BCUT2D eigenvalue weighted by Crippen LogP contribution is -2.24. The molecule has 0 aliphatic heterocycles. The molecule has 0 aliphatic carbocycles. The van der Waals surface area contributed by atoms with Crippen LogP contribution in [0.1, 0.15) is 29.1 Å². The van der Waals surface area contributed by atoms with Crippen molar-refractivity contribution in [2.24, 2.45) is 0 Å². The molecule has 134 valence electrons. The highest BCUT2D eigenvalue weighted by atomic mass is 32.1. The molecular formula is C19H15F3N2OS. The zero-order chi connectivity index (χ0) is 18.7. The number of nitrogens with one attached hydrogen (secondary N) is 1. The van der Waals surface area contributed by atoms with Crippen LogP contribution >= 0.6 is 11.3 Å². The van der Waals surface area contributed by atoms with Gasteiger partial charge >= 0.3 is 6.18 Å². The van der Waals surface area contributed by atoms with Crippen LogP contribution in [-0.2, 0) is 11.0 Å². The molecule has 0 aliphatic rings. The third-order valence-electron chi connectivity index (χ3n) is 3.76. The highest BCUT2D eigenvalue weighted by molar-refractivity contribution is 7.19. The lowest BCUT2D eigenvalue weighted by Gasteiger charge is -2.15. The minimum atomic E-state index is -4.41. The number of thiazole rings is 1. The maximum atomic E-state index is 12.8. The Morgan fingerprint density at radius 1 is 1.19 bits per heavy atom. The highest BCUT2D eigenvalue weighted by Crippen LogP contribution is 2.30. The first-order valence-corrected chi connectivity index (χ1v) is 8.66. The number of para-hydroxylation sites is 1. The molecule has 26 heavy (non-hydrogen) atoms. The molecule has 0 bridgehead atoms. The Morgan fingerprint density at radius 3 is 2.69 bits per heavy atom. The summed E-state index contributed by atoms with van der Waals surface area (Å²) in [5, 5.41) is 3.35. The molecule has 0 saturated heterocycles. The van der Waals surface area contributed by atoms with Crippen LogP contribution in [0.25, 0.3) is 16.3 Å². The lowest BCUT2D eigenvalue weighted by atomic mass is 10.0. The third-order valence-corrected chi connectivity index (χ3v) is 4.76. The molecule has 0 spiro atoms. The summed E-state index contributed by atoms with van der Waals surface area (Å²) in [5.41, 5.74) is 0.512. The number of halogens is 3. The van der Waals surface area contributed by atoms with Gasteiger partial charge in [-0.05, 0) is 42.8 Å². The predicted octanol–water partition coefficient (Wildman–Crippen LogP) is 5.21. The topological polar surface area (TPSA) is 42.0 Å². The van der Waals surface area contributed by atoms with E-state index >= 15 is 0 Å². The summed E-state index contributed by atoms with van der Waals surface area (Å²) in [6, 6.07) is 12.0. The Hall–Kier alpha value is -2.67. The Balaban J connectivity index is 1.67. The third kappa shape index (κ3) is 4.29. The number of fused-ring (bicyclic) bond motifs is 1. The van der Waals surface area contributed by atoms with Crippen LogP contribution in [0.5, 0.6) is 0 Å². The molecule has 0 saturated carbocycles. The van der Waals surface area contributed by atoms with Crippen LogP contribution < -0.4 is 5.32 Å². The summed E-state index contributed by atoms with van der Waals surface area (Å²) >= 11 is 1.46. The fourth-order valence-electron chi connectivity index (χ4n) is 2.44. The van der Waals surface area contributed by atoms with E-state index in [0.29, 0.717) is 10.6 Å². The average Bonchev–Trinajstić information content (AvgIpc) is 3.02. The molecule has 3 nitrogen and oxygen atoms in total. The van der Waals surface area contributed by atoms with Crippen molar-refractivity contribution < 1.29 is 18.0 Å². The van der Waals surface area contributed by atoms with E-state index in [1.807, 2.05) is 24.3 Å². The molecule has 1 N–H and O–H groups in total. The quantitative estimate of drug-likeness (QED) is 0.636. The van der Waals surface area contributed by atoms with E-state index in [-0.39, 0.29) is 0 Å². The van der Waals surface area contributed by atoms with Gasteiger partial charge in [0.2, 0.25) is 5.91 Å². The van der Waals surface area contributed by atoms with E-state index in [4.69, 9.17) is 0 Å². The fourth-order valence-corrected chi connectivity index (χ4v) is 3.31. The second kappa shape index (κ2) is 7.29. The Labute approximate surface area is 152 Å². The van der Waals surface area contributed by atoms with Crippen molar-refractivity contribution in [3.8, 4) is 0 Å². The number of amides is 1. The van der Waals surface area contributed by atoms with Crippen LogP contribution in [0.3, 0.4) is 0 Å². The van der Waals surface area contributed by atoms with Crippen molar-refractivity contribution in [3.05, 3.63) is 70.7 Å². The molecular weight excluding hydrogens is 361 g/mol. The molecule has 1 aromatic heterocycles. The number of hydrogen-bond acceptors (Lipinski definition) is 3. The zero-order valence-corrected chi connectivity index (χ0v) is 14.6. The summed E-state index contributed by atoms with van der Waals surface area (Å²) in [6.45, 7) is 1.64. The predicted molar refractivity (Wildman–Crippen MR) is 96.7 cm³/mol. The maximum Gasteiger partial charge on any atom is 0.416 e. The molecule has 1 heterocycles. The van der Waals surface area contributed by atoms with Gasteiger partial charge in [0.1, 0.15) is 5.01 Å². The van der Waals surface area contributed by atoms with Crippen LogP contribution in [0.15, 0.2) is 54.6 Å². The fraction of sp³-hybridized carbons (Fsp3) is 0.158. The van der Waals surface area contributed by atoms with E-state index in [0.717, 1.165) is 22.3 Å². The van der Waals surface area contributed by atoms with E-state index in [1.54, 1.807) is 19.1 Å². The largest absolute Gasteiger partial charge is 0.416 e. The van der Waals surface area contributed by atoms with Gasteiger partial charge in [0.25, 0.3) is 0 Å². The standard InChI is InChI=1S/C19H15F3N2OS/c1-12(13-5-4-6-14(11-13)19(20,21)22)23-17(25)9-10-18-24-15-7-2-3-8-16(15)26-18/h2-12H,1H3,(H,23,25)/b10-9+. The van der Waals surface area contributed by atoms with Crippen molar-refractivity contribution in [1.82, 2.24) is 10.3 Å². The first kappa shape index (κ1) is 18.1. The first-order chi connectivity index (χ1) is 12.3. The maximum absolute atomic E-state index is 12.8. The number of hydrogen-bond donors (Lipinski definition) is 1. The van der Waals surface area contributed by atoms with Gasteiger partial charge < -0.3 is 5.32 Å². The van der Waals surface area contributed by atoms with Crippen molar-refractivity contribution in [2.75, 3.05) is 0 Å². The van der Waals surface area contributed by atoms with Crippen molar-refractivity contribution in [2.45, 2.75) is 19.1 Å². The molecule has 0 radical (unpaired) electrons. The highest BCUT2D eigenvalue weighted by Gasteiger charge is 2.30. The lowest BCUT2D eigenvalue weighted by molar-refractivity contribution is -0.137. The average molecular weight is 376 g/mol. The molecule has 1 atom stereocenters. The van der Waals surface area contributed by atoms with Gasteiger partial charge in [-0.1, -0.05) is 24.3 Å². The van der Waals surface area contributed by atoms with Gasteiger partial charge in [0, 0.05) is 6.08 Å². The summed E-state index contributed by atoms with van der Waals surface area (Å²) in [4.78, 5) is 16.4. The molecule has 3 rings (SSSR count). The molecule has 0 fully saturated rings. The van der Waals surface area contributed by atoms with Crippen molar-refractivity contribution >= 4 is 33.5 Å². The number of carbonyl (C=O) groups excluding carboxylic acids is 1. The second-order valence-corrected chi connectivity index (χ2v) is 6.77. The molecule has 2 aromatic carbocycles. The van der Waals surface area contributed by atoms with Crippen LogP contribution in [0.2, 0.25) is 0 Å². The molecule has 1 unspecified atom stereocenters. The zero-order valence-electron chi connectivity index (χ0n) is 13.7. The molecule has 1 amide bonds. The van der Waals surface area contributed by atoms with E-state index in [2.05, 4.69) is 10.3 Å². The van der Waals surface area contributed by atoms with Crippen molar-refractivity contribution in [1.29, 1.82) is 0 Å². The summed E-state index contributed by atoms with van der Waals surface area (Å²) in [6.07, 6.45) is -1.48. The summed E-state index contributed by atoms with van der Waals surface area (Å²) in [5.74, 6) is -0.394. The SMILES string of the molecule is CC(NC(=O)/C=C/c1nc2ccccc2s1)c1cccc(C(F)(F)F)c1. The van der Waals surface area contributed by atoms with Crippen LogP contribution in [-0.4, -0.2) is 10.9 Å². The first-order valence-electron chi connectivity index (χ1n) is 7.84. The molecule has 7 heteroatoms. The van der Waals surface area contributed by atoms with Gasteiger partial charge in [-0.25, -0.2) is 4.98 Å². The van der Waals surface area contributed by atoms with E-state index in [9.17, 15) is 18.0 Å². The van der Waals surface area contributed by atoms with E-state index in [1.165, 1.54) is 23.5 Å². The van der Waals surface area contributed by atoms with Crippen LogP contribution in [0.4, 0.5) is 13.2 Å².